The zero-order valence-corrected chi connectivity index (χ0v) is 14.6. The van der Waals surface area contributed by atoms with Gasteiger partial charge in [0.25, 0.3) is 0 Å². The number of hydrogen-bond acceptors (Lipinski definition) is 6. The standard InChI is InChI=1S/C19H21N3O5/c20-16(10-13-6-8-15(23)9-7-13)18(25)22(11-17(21)24)19(26)27-12-14-4-2-1-3-5-14/h1-9,16,23H,10-12,20H2,(H2,21,24). The SMILES string of the molecule is NC(=O)CN(C(=O)OCc1ccccc1)C(=O)C(N)Cc1ccc(O)cc1. The molecule has 0 radical (unpaired) electrons. The number of ether oxygens (including phenoxy) is 1. The minimum Gasteiger partial charge on any atom is -0.508 e. The average Bonchev–Trinajstić information content (AvgIpc) is 2.66. The van der Waals surface area contributed by atoms with Gasteiger partial charge < -0.3 is 21.3 Å². The number of aromatic hydroxyl groups is 1. The Labute approximate surface area is 156 Å². The normalized spacial score (nSPS) is 11.4. The predicted octanol–water partition coefficient (Wildman–Crippen LogP) is 0.913. The van der Waals surface area contributed by atoms with E-state index in [-0.39, 0.29) is 18.8 Å². The van der Waals surface area contributed by atoms with Crippen LogP contribution in [0.25, 0.3) is 0 Å². The van der Waals surface area contributed by atoms with Gasteiger partial charge in [0.15, 0.2) is 0 Å². The number of carbonyl (C=O) groups is 3. The molecule has 8 heteroatoms. The van der Waals surface area contributed by atoms with Crippen molar-refractivity contribution >= 4 is 17.9 Å². The summed E-state index contributed by atoms with van der Waals surface area (Å²) in [5, 5.41) is 9.29. The summed E-state index contributed by atoms with van der Waals surface area (Å²) in [6.45, 7) is -0.689. The number of phenols is 1. The number of imide groups is 1. The lowest BCUT2D eigenvalue weighted by Gasteiger charge is -2.22. The van der Waals surface area contributed by atoms with Crippen molar-refractivity contribution in [1.29, 1.82) is 0 Å². The molecule has 2 rings (SSSR count). The van der Waals surface area contributed by atoms with Crippen molar-refractivity contribution in [3.8, 4) is 5.75 Å². The number of rotatable bonds is 7. The van der Waals surface area contributed by atoms with Crippen molar-refractivity contribution in [2.24, 2.45) is 11.5 Å². The minimum atomic E-state index is -1.09. The highest BCUT2D eigenvalue weighted by Gasteiger charge is 2.29. The Bertz CT molecular complexity index is 793. The van der Waals surface area contributed by atoms with E-state index in [0.717, 1.165) is 5.56 Å². The lowest BCUT2D eigenvalue weighted by atomic mass is 10.1. The third kappa shape index (κ3) is 6.12. The van der Waals surface area contributed by atoms with E-state index in [1.54, 1.807) is 36.4 Å². The van der Waals surface area contributed by atoms with Gasteiger partial charge in [-0.2, -0.15) is 0 Å². The van der Waals surface area contributed by atoms with E-state index in [0.29, 0.717) is 10.5 Å². The third-order valence-corrected chi connectivity index (χ3v) is 3.71. The number of phenolic OH excluding ortho intramolecular Hbond substituents is 1. The fourth-order valence-corrected chi connectivity index (χ4v) is 2.36. The van der Waals surface area contributed by atoms with Crippen molar-refractivity contribution in [1.82, 2.24) is 4.90 Å². The molecule has 0 saturated heterocycles. The summed E-state index contributed by atoms with van der Waals surface area (Å²) in [6.07, 6.45) is -0.885. The highest BCUT2D eigenvalue weighted by Crippen LogP contribution is 2.12. The van der Waals surface area contributed by atoms with Gasteiger partial charge in [-0.05, 0) is 29.7 Å². The lowest BCUT2D eigenvalue weighted by molar-refractivity contribution is -0.134. The van der Waals surface area contributed by atoms with Crippen LogP contribution >= 0.6 is 0 Å². The monoisotopic (exact) mass is 371 g/mol. The second-order valence-corrected chi connectivity index (χ2v) is 5.91. The zero-order valence-electron chi connectivity index (χ0n) is 14.6. The Hall–Kier alpha value is -3.39. The first kappa shape index (κ1) is 19.9. The van der Waals surface area contributed by atoms with Crippen LogP contribution < -0.4 is 11.5 Å². The Morgan fingerprint density at radius 2 is 1.63 bits per heavy atom. The number of amides is 3. The molecule has 0 fully saturated rings. The minimum absolute atomic E-state index is 0.0601. The van der Waals surface area contributed by atoms with Gasteiger partial charge >= 0.3 is 6.09 Å². The molecule has 3 amide bonds. The van der Waals surface area contributed by atoms with Crippen LogP contribution in [0.2, 0.25) is 0 Å². The second-order valence-electron chi connectivity index (χ2n) is 5.91. The van der Waals surface area contributed by atoms with E-state index in [2.05, 4.69) is 0 Å². The number of primary amides is 1. The number of nitrogens with zero attached hydrogens (tertiary/aromatic N) is 1. The van der Waals surface area contributed by atoms with Crippen LogP contribution in [0, 0.1) is 0 Å². The largest absolute Gasteiger partial charge is 0.508 e. The maximum atomic E-state index is 12.5. The lowest BCUT2D eigenvalue weighted by Crippen LogP contribution is -2.50. The molecule has 142 valence electrons. The Morgan fingerprint density at radius 1 is 1.00 bits per heavy atom. The molecule has 0 saturated carbocycles. The highest BCUT2D eigenvalue weighted by molar-refractivity contribution is 5.98. The fourth-order valence-electron chi connectivity index (χ4n) is 2.36. The number of nitrogens with two attached hydrogens (primary N) is 2. The summed E-state index contributed by atoms with van der Waals surface area (Å²) in [7, 11) is 0. The molecule has 0 bridgehead atoms. The predicted molar refractivity (Wildman–Crippen MR) is 97.3 cm³/mol. The average molecular weight is 371 g/mol. The molecule has 0 aliphatic rings. The van der Waals surface area contributed by atoms with Crippen molar-refractivity contribution in [3.05, 3.63) is 65.7 Å². The van der Waals surface area contributed by atoms with E-state index in [1.807, 2.05) is 6.07 Å². The van der Waals surface area contributed by atoms with E-state index in [1.165, 1.54) is 12.1 Å². The van der Waals surface area contributed by atoms with Crippen molar-refractivity contribution in [2.45, 2.75) is 19.1 Å². The molecule has 5 N–H and O–H groups in total. The highest BCUT2D eigenvalue weighted by atomic mass is 16.6. The molecule has 1 atom stereocenters. The van der Waals surface area contributed by atoms with Crippen LogP contribution in [-0.4, -0.2) is 40.5 Å². The smallest absolute Gasteiger partial charge is 0.417 e. The summed E-state index contributed by atoms with van der Waals surface area (Å²) in [4.78, 5) is 36.7. The molecule has 0 spiro atoms. The van der Waals surface area contributed by atoms with Gasteiger partial charge in [0, 0.05) is 0 Å². The first-order valence-electron chi connectivity index (χ1n) is 8.20. The van der Waals surface area contributed by atoms with Crippen LogP contribution in [-0.2, 0) is 27.4 Å². The molecule has 2 aromatic rings. The van der Waals surface area contributed by atoms with Crippen LogP contribution in [0.5, 0.6) is 5.75 Å². The van der Waals surface area contributed by atoms with E-state index >= 15 is 0 Å². The van der Waals surface area contributed by atoms with E-state index in [9.17, 15) is 19.5 Å². The first-order chi connectivity index (χ1) is 12.9. The van der Waals surface area contributed by atoms with Crippen molar-refractivity contribution in [3.63, 3.8) is 0 Å². The quantitative estimate of drug-likeness (QED) is 0.662. The molecule has 0 heterocycles. The van der Waals surface area contributed by atoms with E-state index < -0.39 is 30.5 Å². The van der Waals surface area contributed by atoms with Crippen LogP contribution in [0.4, 0.5) is 4.79 Å². The van der Waals surface area contributed by atoms with Crippen LogP contribution in [0.1, 0.15) is 11.1 Å². The molecule has 1 unspecified atom stereocenters. The number of carbonyl (C=O) groups excluding carboxylic acids is 3. The molecule has 27 heavy (non-hydrogen) atoms. The molecule has 2 aromatic carbocycles. The fraction of sp³-hybridized carbons (Fsp3) is 0.211. The molecule has 0 aliphatic carbocycles. The zero-order chi connectivity index (χ0) is 19.8. The topological polar surface area (TPSA) is 136 Å². The van der Waals surface area contributed by atoms with Gasteiger partial charge in [0.2, 0.25) is 11.8 Å². The van der Waals surface area contributed by atoms with Crippen LogP contribution in [0.15, 0.2) is 54.6 Å². The number of benzene rings is 2. The summed E-state index contributed by atoms with van der Waals surface area (Å²) in [5.74, 6) is -1.56. The number of hydrogen-bond donors (Lipinski definition) is 3. The van der Waals surface area contributed by atoms with Gasteiger partial charge in [-0.15, -0.1) is 0 Å². The molecule has 8 nitrogen and oxygen atoms in total. The third-order valence-electron chi connectivity index (χ3n) is 3.71. The molecular formula is C19H21N3O5. The second kappa shape index (κ2) is 9.35. The van der Waals surface area contributed by atoms with E-state index in [4.69, 9.17) is 16.2 Å². The molecule has 0 aliphatic heterocycles. The van der Waals surface area contributed by atoms with Gasteiger partial charge in [-0.25, -0.2) is 9.69 Å². The summed E-state index contributed by atoms with van der Waals surface area (Å²) < 4.78 is 5.10. The Morgan fingerprint density at radius 3 is 2.22 bits per heavy atom. The maximum Gasteiger partial charge on any atom is 0.417 e. The maximum absolute atomic E-state index is 12.5. The molecular weight excluding hydrogens is 350 g/mol. The van der Waals surface area contributed by atoms with Gasteiger partial charge in [-0.3, -0.25) is 9.59 Å². The molecule has 0 aromatic heterocycles. The van der Waals surface area contributed by atoms with Gasteiger partial charge in [0.1, 0.15) is 18.9 Å². The van der Waals surface area contributed by atoms with Crippen molar-refractivity contribution in [2.75, 3.05) is 6.54 Å². The summed E-state index contributed by atoms with van der Waals surface area (Å²) >= 11 is 0. The van der Waals surface area contributed by atoms with Gasteiger partial charge in [0.05, 0.1) is 6.04 Å². The Balaban J connectivity index is 2.03. The Kier molecular flexibility index (Phi) is 6.90. The summed E-state index contributed by atoms with van der Waals surface area (Å²) in [5.41, 5.74) is 12.4. The first-order valence-corrected chi connectivity index (χ1v) is 8.20. The van der Waals surface area contributed by atoms with Gasteiger partial charge in [-0.1, -0.05) is 42.5 Å². The van der Waals surface area contributed by atoms with Crippen molar-refractivity contribution < 1.29 is 24.2 Å². The van der Waals surface area contributed by atoms with Crippen LogP contribution in [0.3, 0.4) is 0 Å². The summed E-state index contributed by atoms with van der Waals surface area (Å²) in [6, 6.07) is 13.9.